The van der Waals surface area contributed by atoms with E-state index in [9.17, 15) is 9.59 Å². The van der Waals surface area contributed by atoms with E-state index in [1.165, 1.54) is 4.57 Å². The van der Waals surface area contributed by atoms with E-state index in [0.717, 1.165) is 16.9 Å². The van der Waals surface area contributed by atoms with Crippen molar-refractivity contribution in [3.05, 3.63) is 94.0 Å². The van der Waals surface area contributed by atoms with Gasteiger partial charge in [0.15, 0.2) is 5.65 Å². The Morgan fingerprint density at radius 3 is 2.61 bits per heavy atom. The van der Waals surface area contributed by atoms with E-state index in [2.05, 4.69) is 47.1 Å². The highest BCUT2D eigenvalue weighted by Gasteiger charge is 2.22. The first kappa shape index (κ1) is 24.9. The Balaban J connectivity index is 1.31. The number of aromatic nitrogens is 5. The van der Waals surface area contributed by atoms with Crippen molar-refractivity contribution in [1.29, 1.82) is 0 Å². The topological polar surface area (TPSA) is 119 Å². The Bertz CT molecular complexity index is 1670. The van der Waals surface area contributed by atoms with Crippen LogP contribution in [0.3, 0.4) is 0 Å². The number of H-pyrrole nitrogens is 1. The highest BCUT2D eigenvalue weighted by molar-refractivity contribution is 5.90. The lowest BCUT2D eigenvalue weighted by molar-refractivity contribution is 0.254. The minimum absolute atomic E-state index is 0.192. The molecule has 0 saturated heterocycles. The molecule has 38 heavy (non-hydrogen) atoms. The number of nitrogens with zero attached hydrogens (tertiary/aromatic N) is 4. The van der Waals surface area contributed by atoms with E-state index in [0.29, 0.717) is 28.4 Å². The number of fused-ring (bicyclic) bond motifs is 1. The van der Waals surface area contributed by atoms with Gasteiger partial charge in [-0.2, -0.15) is 5.10 Å². The average Bonchev–Trinajstić information content (AvgIpc) is 3.42. The fraction of sp³-hybridized carbons (Fsp3) is 0.250. The second-order valence-electron chi connectivity index (χ2n) is 10.2. The van der Waals surface area contributed by atoms with Gasteiger partial charge < -0.3 is 10.1 Å². The van der Waals surface area contributed by atoms with Gasteiger partial charge in [-0.25, -0.2) is 19.3 Å². The molecule has 0 bridgehead atoms. The number of pyridine rings is 1. The minimum atomic E-state index is -0.434. The summed E-state index contributed by atoms with van der Waals surface area (Å²) in [6, 6.07) is 11.1. The fourth-order valence-electron chi connectivity index (χ4n) is 3.99. The number of anilines is 1. The van der Waals surface area contributed by atoms with Crippen molar-refractivity contribution in [2.24, 2.45) is 7.05 Å². The number of rotatable bonds is 5. The number of amides is 2. The van der Waals surface area contributed by atoms with Crippen LogP contribution < -0.4 is 21.1 Å². The Hall–Kier alpha value is -4.82. The Morgan fingerprint density at radius 2 is 1.92 bits per heavy atom. The van der Waals surface area contributed by atoms with Crippen LogP contribution in [0.15, 0.2) is 77.0 Å². The van der Waals surface area contributed by atoms with E-state index in [1.807, 2.05) is 37.3 Å². The second kappa shape index (κ2) is 9.57. The number of urea groups is 1. The van der Waals surface area contributed by atoms with Gasteiger partial charge in [0.1, 0.15) is 23.2 Å². The number of nitrogens with one attached hydrogen (secondary N) is 3. The largest absolute Gasteiger partial charge is 0.479 e. The molecule has 4 aromatic rings. The van der Waals surface area contributed by atoms with Gasteiger partial charge in [-0.05, 0) is 31.2 Å². The number of hydrogen-bond donors (Lipinski definition) is 3. The molecule has 1 aromatic carbocycles. The summed E-state index contributed by atoms with van der Waals surface area (Å²) in [5.74, 6) is 1.07. The molecule has 1 unspecified atom stereocenters. The van der Waals surface area contributed by atoms with Gasteiger partial charge >= 0.3 is 11.7 Å². The second-order valence-corrected chi connectivity index (χ2v) is 10.2. The molecule has 3 aromatic heterocycles. The van der Waals surface area contributed by atoms with Crippen molar-refractivity contribution in [1.82, 2.24) is 29.6 Å². The first-order valence-corrected chi connectivity index (χ1v) is 12.2. The standard InChI is InChI=1S/C28H29N7O3/c1-17-6-10-19(11-7-17)35-23(16-22(33-35)28(2,3)4)31-26(36)30-18-8-12-20(13-9-18)38-21-14-15-29-25-24(21)34(5)27(37)32-25/h6-8,10-16,20H,1-5H3,(H,29,32,37)(H2,30,31,36). The van der Waals surface area contributed by atoms with Crippen LogP contribution in [-0.4, -0.2) is 36.5 Å². The lowest BCUT2D eigenvalue weighted by Crippen LogP contribution is -2.29. The number of aryl methyl sites for hydroxylation is 2. The number of carbonyl (C=O) groups is 1. The maximum atomic E-state index is 12.9. The van der Waals surface area contributed by atoms with Crippen LogP contribution in [0.5, 0.6) is 5.75 Å². The first-order valence-electron chi connectivity index (χ1n) is 12.2. The van der Waals surface area contributed by atoms with Crippen molar-refractivity contribution in [3.63, 3.8) is 0 Å². The van der Waals surface area contributed by atoms with Crippen molar-refractivity contribution >= 4 is 23.0 Å². The summed E-state index contributed by atoms with van der Waals surface area (Å²) in [4.78, 5) is 31.7. The number of aromatic amines is 1. The van der Waals surface area contributed by atoms with Crippen LogP contribution in [-0.2, 0) is 12.5 Å². The highest BCUT2D eigenvalue weighted by atomic mass is 16.5. The number of ether oxygens (including phenoxy) is 1. The van der Waals surface area contributed by atoms with E-state index < -0.39 is 12.1 Å². The van der Waals surface area contributed by atoms with Crippen molar-refractivity contribution < 1.29 is 9.53 Å². The van der Waals surface area contributed by atoms with Crippen LogP contribution in [0.4, 0.5) is 10.6 Å². The van der Waals surface area contributed by atoms with E-state index >= 15 is 0 Å². The molecule has 0 radical (unpaired) electrons. The smallest absolute Gasteiger partial charge is 0.327 e. The zero-order valence-corrected chi connectivity index (χ0v) is 21.9. The van der Waals surface area contributed by atoms with Crippen LogP contribution in [0.2, 0.25) is 0 Å². The highest BCUT2D eigenvalue weighted by Crippen LogP contribution is 2.27. The van der Waals surface area contributed by atoms with Gasteiger partial charge in [-0.1, -0.05) is 44.2 Å². The Labute approximate surface area is 219 Å². The van der Waals surface area contributed by atoms with Crippen molar-refractivity contribution in [2.75, 3.05) is 5.32 Å². The Kier molecular flexibility index (Phi) is 6.26. The van der Waals surface area contributed by atoms with Gasteiger partial charge in [0.2, 0.25) is 0 Å². The van der Waals surface area contributed by atoms with E-state index in [-0.39, 0.29) is 11.1 Å². The SMILES string of the molecule is Cc1ccc(-n2nc(C(C)(C)C)cc2NC(=O)NC2=C=CC(Oc3ccnc4[nH]c(=O)n(C)c34)C=C2)cc1. The molecule has 0 saturated carbocycles. The number of imidazole rings is 1. The molecule has 1 aliphatic carbocycles. The quantitative estimate of drug-likeness (QED) is 0.347. The summed E-state index contributed by atoms with van der Waals surface area (Å²) < 4.78 is 9.22. The average molecular weight is 512 g/mol. The van der Waals surface area contributed by atoms with Gasteiger partial charge in [0, 0.05) is 36.9 Å². The lowest BCUT2D eigenvalue weighted by Gasteiger charge is -2.15. The molecule has 5 rings (SSSR count). The number of carbonyl (C=O) groups excluding carboxylic acids is 1. The third kappa shape index (κ3) is 5.02. The molecule has 3 heterocycles. The third-order valence-corrected chi connectivity index (χ3v) is 6.12. The molecule has 0 spiro atoms. The lowest BCUT2D eigenvalue weighted by atomic mass is 9.92. The normalized spacial score (nSPS) is 15.0. The van der Waals surface area contributed by atoms with Crippen LogP contribution in [0.1, 0.15) is 32.0 Å². The molecule has 0 fully saturated rings. The van der Waals surface area contributed by atoms with Crippen LogP contribution in [0, 0.1) is 6.92 Å². The van der Waals surface area contributed by atoms with Gasteiger partial charge in [-0.3, -0.25) is 14.9 Å². The molecule has 194 valence electrons. The van der Waals surface area contributed by atoms with E-state index in [1.54, 1.807) is 42.2 Å². The van der Waals surface area contributed by atoms with E-state index in [4.69, 9.17) is 9.84 Å². The summed E-state index contributed by atoms with van der Waals surface area (Å²) in [5, 5.41) is 10.5. The summed E-state index contributed by atoms with van der Waals surface area (Å²) in [6.07, 6.45) is 6.34. The minimum Gasteiger partial charge on any atom is -0.479 e. The summed E-state index contributed by atoms with van der Waals surface area (Å²) >= 11 is 0. The maximum absolute atomic E-state index is 12.9. The van der Waals surface area contributed by atoms with Crippen LogP contribution in [0.25, 0.3) is 16.9 Å². The first-order chi connectivity index (χ1) is 18.1. The predicted octanol–water partition coefficient (Wildman–Crippen LogP) is 4.23. The predicted molar refractivity (Wildman–Crippen MR) is 146 cm³/mol. The third-order valence-electron chi connectivity index (χ3n) is 6.12. The van der Waals surface area contributed by atoms with Crippen molar-refractivity contribution in [2.45, 2.75) is 39.2 Å². The summed E-state index contributed by atoms with van der Waals surface area (Å²) in [5.41, 5.74) is 6.94. The zero-order valence-electron chi connectivity index (χ0n) is 21.9. The summed E-state index contributed by atoms with van der Waals surface area (Å²) in [7, 11) is 1.65. The fourth-order valence-corrected chi connectivity index (χ4v) is 3.99. The van der Waals surface area contributed by atoms with Gasteiger partial charge in [-0.15, -0.1) is 0 Å². The molecule has 1 atom stereocenters. The van der Waals surface area contributed by atoms with Gasteiger partial charge in [0.05, 0.1) is 17.1 Å². The monoisotopic (exact) mass is 511 g/mol. The van der Waals surface area contributed by atoms with Crippen LogP contribution >= 0.6 is 0 Å². The summed E-state index contributed by atoms with van der Waals surface area (Å²) in [6.45, 7) is 8.25. The molecule has 10 nitrogen and oxygen atoms in total. The van der Waals surface area contributed by atoms with Crippen molar-refractivity contribution in [3.8, 4) is 11.4 Å². The number of hydrogen-bond acceptors (Lipinski definition) is 5. The molecule has 3 N–H and O–H groups in total. The zero-order chi connectivity index (χ0) is 27.0. The molecular formula is C28H29N7O3. The Morgan fingerprint density at radius 1 is 1.16 bits per heavy atom. The molecule has 0 aliphatic heterocycles. The van der Waals surface area contributed by atoms with Gasteiger partial charge in [0.25, 0.3) is 0 Å². The maximum Gasteiger partial charge on any atom is 0.327 e. The molecule has 2 amide bonds. The number of benzene rings is 1. The molecule has 10 heteroatoms. The molecular weight excluding hydrogens is 482 g/mol. The molecule has 1 aliphatic rings.